The zero-order valence-electron chi connectivity index (χ0n) is 23.6. The van der Waals surface area contributed by atoms with Crippen molar-refractivity contribution in [3.8, 4) is 0 Å². The van der Waals surface area contributed by atoms with E-state index in [4.69, 9.17) is 9.47 Å². The fourth-order valence-corrected chi connectivity index (χ4v) is 5.41. The Hall–Kier alpha value is -2.28. The quantitative estimate of drug-likeness (QED) is 0.257. The predicted molar refractivity (Wildman–Crippen MR) is 159 cm³/mol. The van der Waals surface area contributed by atoms with Crippen molar-refractivity contribution in [2.75, 3.05) is 0 Å². The first-order valence-electron chi connectivity index (χ1n) is 13.7. The van der Waals surface area contributed by atoms with Crippen LogP contribution < -0.4 is 10.2 Å². The molecule has 42 heavy (non-hydrogen) atoms. The summed E-state index contributed by atoms with van der Waals surface area (Å²) >= 11 is 1.47. The Kier molecular flexibility index (Phi) is 11.6. The average Bonchev–Trinajstić information content (AvgIpc) is 3.75. The van der Waals surface area contributed by atoms with Crippen molar-refractivity contribution in [3.05, 3.63) is 176 Å². The Balaban J connectivity index is 0.000000516. The molecule has 1 aliphatic heterocycles. The van der Waals surface area contributed by atoms with Crippen molar-refractivity contribution in [2.24, 2.45) is 0 Å². The van der Waals surface area contributed by atoms with Crippen LogP contribution in [0.25, 0.3) is 0 Å². The molecule has 6 heteroatoms. The third-order valence-corrected chi connectivity index (χ3v) is 7.26. The van der Waals surface area contributed by atoms with Gasteiger partial charge in [-0.25, -0.2) is 0 Å². The monoisotopic (exact) mass is 612 g/mol. The van der Waals surface area contributed by atoms with Crippen LogP contribution >= 0.6 is 9.30 Å². The first-order valence-corrected chi connectivity index (χ1v) is 15.8. The Labute approximate surface area is 266 Å². The van der Waals surface area contributed by atoms with Crippen molar-refractivity contribution >= 4 is 9.30 Å². The Morgan fingerprint density at radius 3 is 0.929 bits per heavy atom. The second-order valence-electron chi connectivity index (χ2n) is 10.4. The summed E-state index contributed by atoms with van der Waals surface area (Å²) < 4.78 is 12.8. The maximum absolute atomic E-state index is 15.2. The van der Waals surface area contributed by atoms with E-state index in [-0.39, 0.29) is 0 Å². The summed E-state index contributed by atoms with van der Waals surface area (Å²) in [6.45, 7) is 3.51. The van der Waals surface area contributed by atoms with Gasteiger partial charge in [-0.1, -0.05) is 144 Å². The molecule has 0 unspecified atom stereocenters. The number of hydrogen-bond acceptors (Lipinski definition) is 4. The molecule has 2 aliphatic rings. The molecule has 0 N–H and O–H groups in total. The maximum atomic E-state index is 15.2. The summed E-state index contributed by atoms with van der Waals surface area (Å²) in [7, 11) is 4.64. The first-order chi connectivity index (χ1) is 20.4. The van der Waals surface area contributed by atoms with Crippen molar-refractivity contribution in [1.29, 1.82) is 0 Å². The summed E-state index contributed by atoms with van der Waals surface area (Å²) in [5, 5.41) is 30.3. The molecule has 4 aromatic carbocycles. The predicted octanol–water partition coefficient (Wildman–Crippen LogP) is 5.82. The minimum absolute atomic E-state index is 0.519. The van der Waals surface area contributed by atoms with Crippen LogP contribution in [-0.4, -0.2) is 18.0 Å². The molecule has 0 amide bonds. The molecule has 1 saturated heterocycles. The summed E-state index contributed by atoms with van der Waals surface area (Å²) in [6.07, 6.45) is 7.78. The second-order valence-corrected chi connectivity index (χ2v) is 10.4. The summed E-state index contributed by atoms with van der Waals surface area (Å²) in [6, 6.07) is 36.5. The van der Waals surface area contributed by atoms with E-state index in [1.807, 2.05) is 105 Å². The van der Waals surface area contributed by atoms with Crippen molar-refractivity contribution < 1.29 is 39.1 Å². The molecule has 2 atom stereocenters. The Morgan fingerprint density at radius 1 is 0.500 bits per heavy atom. The van der Waals surface area contributed by atoms with Gasteiger partial charge in [0.2, 0.25) is 0 Å². The summed E-state index contributed by atoms with van der Waals surface area (Å²) in [4.78, 5) is 0. The third-order valence-electron chi connectivity index (χ3n) is 7.26. The molecule has 6 rings (SSSR count). The van der Waals surface area contributed by atoms with E-state index in [9.17, 15) is 0 Å². The molecular weight excluding hydrogens is 580 g/mol. The SMILES string of the molecule is CC1(C)O[C@@H](C([O-])(c2ccccc2)c2ccccc2)[C@H](C([O-])(c2ccccc2)c2ccccc2)O1.[CH]1[CH][CH][CH][CH]1.[Cl][Ti+3]. The minimum atomic E-state index is -1.89. The third kappa shape index (κ3) is 7.09. The zero-order valence-corrected chi connectivity index (χ0v) is 25.9. The van der Waals surface area contributed by atoms with E-state index < -0.39 is 29.2 Å². The van der Waals surface area contributed by atoms with E-state index in [1.54, 1.807) is 62.4 Å². The molecule has 2 fully saturated rings. The van der Waals surface area contributed by atoms with Gasteiger partial charge in [-0.15, -0.1) is 0 Å². The van der Waals surface area contributed by atoms with Crippen LogP contribution in [0.5, 0.6) is 0 Å². The van der Waals surface area contributed by atoms with Gasteiger partial charge in [0.15, 0.2) is 5.79 Å². The van der Waals surface area contributed by atoms with Gasteiger partial charge in [0.25, 0.3) is 0 Å². The molecule has 1 heterocycles. The molecular formula is C36H33ClO4Ti+. The Morgan fingerprint density at radius 2 is 0.714 bits per heavy atom. The van der Waals surface area contributed by atoms with E-state index >= 15 is 10.2 Å². The van der Waals surface area contributed by atoms with Gasteiger partial charge >= 0.3 is 28.7 Å². The fraction of sp³-hybridized carbons (Fsp3) is 0.194. The molecule has 1 saturated carbocycles. The number of rotatable bonds is 6. The number of hydrogen-bond donors (Lipinski definition) is 0. The standard InChI is InChI=1S/C31H28O4.C5H5.ClH.Ti/c1-29(2)34-27(30(32,23-15-7-3-8-16-23)24-17-9-4-10-18-24)28(35-29)31(33,25-19-11-5-12-20-25)26-21-13-6-14-22-26;1-2-4-5-3-1;;/h3-22,27-28H,1-2H3;1-5H;1H;/q-2;;;+4/p-1/t27-,28-;;;/m1.../s1. The van der Waals surface area contributed by atoms with Gasteiger partial charge in [0.05, 0.1) is 12.2 Å². The van der Waals surface area contributed by atoms with Crippen LogP contribution in [0, 0.1) is 32.1 Å². The van der Waals surface area contributed by atoms with Crippen LogP contribution in [0.15, 0.2) is 121 Å². The van der Waals surface area contributed by atoms with Gasteiger partial charge in [-0.05, 0) is 57.2 Å². The van der Waals surface area contributed by atoms with Crippen LogP contribution in [0.2, 0.25) is 0 Å². The summed E-state index contributed by atoms with van der Waals surface area (Å²) in [5.41, 5.74) is -1.70. The molecule has 0 aromatic heterocycles. The van der Waals surface area contributed by atoms with Gasteiger partial charge < -0.3 is 19.7 Å². The molecule has 4 aromatic rings. The Bertz CT molecular complexity index is 1150. The van der Waals surface area contributed by atoms with Crippen molar-refractivity contribution in [2.45, 2.75) is 43.0 Å². The van der Waals surface area contributed by atoms with Crippen molar-refractivity contribution in [1.82, 2.24) is 0 Å². The van der Waals surface area contributed by atoms with Gasteiger partial charge in [-0.2, -0.15) is 0 Å². The van der Waals surface area contributed by atoms with E-state index in [2.05, 4.69) is 9.30 Å². The molecule has 211 valence electrons. The van der Waals surface area contributed by atoms with Crippen LogP contribution in [0.1, 0.15) is 36.1 Å². The van der Waals surface area contributed by atoms with Gasteiger partial charge in [0.1, 0.15) is 0 Å². The second kappa shape index (κ2) is 14.9. The van der Waals surface area contributed by atoms with Crippen LogP contribution in [0.4, 0.5) is 0 Å². The number of halogens is 1. The van der Waals surface area contributed by atoms with E-state index in [1.165, 1.54) is 19.4 Å². The fourth-order valence-electron chi connectivity index (χ4n) is 5.41. The van der Waals surface area contributed by atoms with Crippen LogP contribution in [0.3, 0.4) is 0 Å². The normalized spacial score (nSPS) is 19.7. The van der Waals surface area contributed by atoms with E-state index in [0.29, 0.717) is 22.3 Å². The van der Waals surface area contributed by atoms with Crippen LogP contribution in [-0.2, 0) is 40.1 Å². The number of ether oxygens (including phenoxy) is 2. The molecule has 5 radical (unpaired) electrons. The molecule has 1 aliphatic carbocycles. The van der Waals surface area contributed by atoms with Crippen molar-refractivity contribution in [3.63, 3.8) is 0 Å². The molecule has 4 nitrogen and oxygen atoms in total. The summed E-state index contributed by atoms with van der Waals surface area (Å²) in [5.74, 6) is -1.13. The molecule has 0 bridgehead atoms. The average molecular weight is 613 g/mol. The molecule has 0 spiro atoms. The number of benzene rings is 4. The van der Waals surface area contributed by atoms with Gasteiger partial charge in [0, 0.05) is 0 Å². The van der Waals surface area contributed by atoms with Gasteiger partial charge in [-0.3, -0.25) is 0 Å². The topological polar surface area (TPSA) is 64.6 Å². The van der Waals surface area contributed by atoms with E-state index in [0.717, 1.165) is 0 Å². The zero-order chi connectivity index (χ0) is 30.1. The first kappa shape index (κ1) is 32.6.